The quantitative estimate of drug-likeness (QED) is 0.732. The topological polar surface area (TPSA) is 122 Å². The number of fused-ring (bicyclic) bond motifs is 1. The van der Waals surface area contributed by atoms with E-state index < -0.39 is 21.4 Å². The van der Waals surface area contributed by atoms with Crippen LogP contribution in [0.3, 0.4) is 0 Å². The number of pyridine rings is 1. The van der Waals surface area contributed by atoms with Gasteiger partial charge in [0.15, 0.2) is 15.5 Å². The minimum absolute atomic E-state index is 0.0653. The van der Waals surface area contributed by atoms with Crippen LogP contribution in [-0.4, -0.2) is 40.5 Å². The van der Waals surface area contributed by atoms with Gasteiger partial charge in [0, 0.05) is 12.3 Å². The summed E-state index contributed by atoms with van der Waals surface area (Å²) >= 11 is 0. The van der Waals surface area contributed by atoms with Crippen LogP contribution in [0.4, 0.5) is 0 Å². The second-order valence-electron chi connectivity index (χ2n) is 5.38. The number of aromatic amines is 1. The Morgan fingerprint density at radius 2 is 2.00 bits per heavy atom. The van der Waals surface area contributed by atoms with E-state index in [0.29, 0.717) is 16.6 Å². The molecule has 2 N–H and O–H groups in total. The zero-order valence-electron chi connectivity index (χ0n) is 12.8. The molecule has 24 heavy (non-hydrogen) atoms. The van der Waals surface area contributed by atoms with E-state index in [1.54, 1.807) is 13.0 Å². The Bertz CT molecular complexity index is 1140. The number of aromatic carboxylic acids is 1. The zero-order chi connectivity index (χ0) is 17.6. The first kappa shape index (κ1) is 15.9. The fraction of sp³-hybridized carbons (Fsp3) is 0.133. The fourth-order valence-corrected chi connectivity index (χ4v) is 3.17. The van der Waals surface area contributed by atoms with Crippen molar-refractivity contribution in [2.75, 3.05) is 6.26 Å². The minimum Gasteiger partial charge on any atom is -0.476 e. The van der Waals surface area contributed by atoms with Crippen molar-refractivity contribution in [3.8, 4) is 5.69 Å². The lowest BCUT2D eigenvalue weighted by Gasteiger charge is -2.05. The number of hydrogen-bond acceptors (Lipinski definition) is 5. The van der Waals surface area contributed by atoms with E-state index in [4.69, 9.17) is 0 Å². The smallest absolute Gasteiger partial charge is 0.357 e. The molecule has 124 valence electrons. The van der Waals surface area contributed by atoms with Gasteiger partial charge in [0.1, 0.15) is 5.65 Å². The summed E-state index contributed by atoms with van der Waals surface area (Å²) in [7, 11) is -3.44. The van der Waals surface area contributed by atoms with E-state index in [9.17, 15) is 23.1 Å². The van der Waals surface area contributed by atoms with Crippen molar-refractivity contribution >= 4 is 26.8 Å². The number of nitrogens with one attached hydrogen (secondary N) is 1. The molecule has 1 aromatic carbocycles. The highest BCUT2D eigenvalue weighted by atomic mass is 32.2. The van der Waals surface area contributed by atoms with Crippen molar-refractivity contribution in [1.82, 2.24) is 14.8 Å². The molecular weight excluding hydrogens is 334 g/mol. The van der Waals surface area contributed by atoms with Gasteiger partial charge in [-0.05, 0) is 30.7 Å². The highest BCUT2D eigenvalue weighted by molar-refractivity contribution is 7.90. The summed E-state index contributed by atoms with van der Waals surface area (Å²) in [5, 5.41) is 13.7. The molecule has 0 fully saturated rings. The van der Waals surface area contributed by atoms with Gasteiger partial charge >= 0.3 is 5.97 Å². The number of nitrogens with zero attached hydrogens (tertiary/aromatic N) is 2. The number of aromatic nitrogens is 3. The number of sulfone groups is 1. The predicted octanol–water partition coefficient (Wildman–Crippen LogP) is 1.12. The van der Waals surface area contributed by atoms with Crippen LogP contribution in [0.2, 0.25) is 0 Å². The Hall–Kier alpha value is -2.94. The molecule has 0 amide bonds. The highest BCUT2D eigenvalue weighted by Gasteiger charge is 2.20. The van der Waals surface area contributed by atoms with Crippen LogP contribution >= 0.6 is 0 Å². The third kappa shape index (κ3) is 2.58. The average molecular weight is 347 g/mol. The van der Waals surface area contributed by atoms with Gasteiger partial charge in [0.05, 0.1) is 16.0 Å². The molecule has 0 saturated carbocycles. The molecule has 0 unspecified atom stereocenters. The Kier molecular flexibility index (Phi) is 3.52. The summed E-state index contributed by atoms with van der Waals surface area (Å²) in [5.74, 6) is -1.24. The number of aryl methyl sites for hydroxylation is 1. The van der Waals surface area contributed by atoms with Crippen molar-refractivity contribution in [3.05, 3.63) is 51.9 Å². The van der Waals surface area contributed by atoms with Crippen LogP contribution in [0.15, 0.2) is 40.0 Å². The second kappa shape index (κ2) is 5.31. The van der Waals surface area contributed by atoms with Gasteiger partial charge in [-0.1, -0.05) is 6.07 Å². The molecule has 2 heterocycles. The lowest BCUT2D eigenvalue weighted by Crippen LogP contribution is -2.08. The molecule has 9 heteroatoms. The van der Waals surface area contributed by atoms with Gasteiger partial charge in [-0.15, -0.1) is 0 Å². The standard InChI is InChI=1S/C15H13N3O5S/c1-8-6-11(19)16-14-12(8)13(15(20)21)17-18(14)9-4-3-5-10(7-9)24(2,22)23/h3-7H,1-2H3,(H,16,19)(H,20,21). The molecule has 2 aromatic heterocycles. The number of hydrogen-bond donors (Lipinski definition) is 2. The maximum Gasteiger partial charge on any atom is 0.357 e. The summed E-state index contributed by atoms with van der Waals surface area (Å²) in [6, 6.07) is 7.18. The molecule has 0 aliphatic carbocycles. The number of carbonyl (C=O) groups is 1. The maximum atomic E-state index is 11.8. The maximum absolute atomic E-state index is 11.8. The molecule has 0 bridgehead atoms. The second-order valence-corrected chi connectivity index (χ2v) is 7.39. The lowest BCUT2D eigenvalue weighted by molar-refractivity contribution is 0.0692. The number of carboxylic acids is 1. The van der Waals surface area contributed by atoms with Crippen molar-refractivity contribution in [1.29, 1.82) is 0 Å². The van der Waals surface area contributed by atoms with E-state index in [0.717, 1.165) is 6.26 Å². The molecule has 8 nitrogen and oxygen atoms in total. The first-order valence-electron chi connectivity index (χ1n) is 6.85. The van der Waals surface area contributed by atoms with E-state index in [2.05, 4.69) is 10.1 Å². The van der Waals surface area contributed by atoms with Crippen LogP contribution in [-0.2, 0) is 9.84 Å². The highest BCUT2D eigenvalue weighted by Crippen LogP contribution is 2.23. The van der Waals surface area contributed by atoms with Crippen molar-refractivity contribution < 1.29 is 18.3 Å². The summed E-state index contributed by atoms with van der Waals surface area (Å²) < 4.78 is 24.7. The Morgan fingerprint density at radius 3 is 2.62 bits per heavy atom. The third-order valence-corrected chi connectivity index (χ3v) is 4.67. The summed E-state index contributed by atoms with van der Waals surface area (Å²) in [5.41, 5.74) is 0.372. The van der Waals surface area contributed by atoms with Crippen molar-refractivity contribution in [3.63, 3.8) is 0 Å². The predicted molar refractivity (Wildman–Crippen MR) is 86.5 cm³/mol. The SMILES string of the molecule is Cc1cc(=O)[nH]c2c1c(C(=O)O)nn2-c1cccc(S(C)(=O)=O)c1. The molecule has 0 saturated heterocycles. The minimum atomic E-state index is -3.44. The molecule has 0 radical (unpaired) electrons. The lowest BCUT2D eigenvalue weighted by atomic mass is 10.1. The van der Waals surface area contributed by atoms with Gasteiger partial charge in [0.25, 0.3) is 0 Å². The number of benzene rings is 1. The van der Waals surface area contributed by atoms with E-state index in [1.807, 2.05) is 0 Å². The molecule has 0 spiro atoms. The van der Waals surface area contributed by atoms with Crippen LogP contribution in [0.1, 0.15) is 16.1 Å². The van der Waals surface area contributed by atoms with Crippen molar-refractivity contribution in [2.45, 2.75) is 11.8 Å². The van der Waals surface area contributed by atoms with E-state index >= 15 is 0 Å². The van der Waals surface area contributed by atoms with Gasteiger partial charge < -0.3 is 10.1 Å². The molecule has 0 aliphatic rings. The molecule has 0 aliphatic heterocycles. The molecule has 3 rings (SSSR count). The first-order valence-corrected chi connectivity index (χ1v) is 8.74. The van der Waals surface area contributed by atoms with Crippen LogP contribution in [0, 0.1) is 6.92 Å². The van der Waals surface area contributed by atoms with Gasteiger partial charge in [0.2, 0.25) is 5.56 Å². The van der Waals surface area contributed by atoms with Gasteiger partial charge in [-0.25, -0.2) is 17.9 Å². The normalized spacial score (nSPS) is 11.8. The van der Waals surface area contributed by atoms with Crippen LogP contribution in [0.5, 0.6) is 0 Å². The average Bonchev–Trinajstić information content (AvgIpc) is 2.86. The third-order valence-electron chi connectivity index (χ3n) is 3.56. The Balaban J connectivity index is 2.40. The summed E-state index contributed by atoms with van der Waals surface area (Å²) in [4.78, 5) is 25.8. The monoisotopic (exact) mass is 347 g/mol. The van der Waals surface area contributed by atoms with Crippen LogP contribution < -0.4 is 5.56 Å². The number of rotatable bonds is 3. The van der Waals surface area contributed by atoms with E-state index in [1.165, 1.54) is 28.9 Å². The summed E-state index contributed by atoms with van der Waals surface area (Å²) in [6.45, 7) is 1.61. The Labute approximate surface area is 136 Å². The first-order chi connectivity index (χ1) is 11.2. The summed E-state index contributed by atoms with van der Waals surface area (Å²) in [6.07, 6.45) is 1.07. The van der Waals surface area contributed by atoms with E-state index in [-0.39, 0.29) is 16.2 Å². The number of carboxylic acid groups (broad SMARTS) is 1. The largest absolute Gasteiger partial charge is 0.476 e. The van der Waals surface area contributed by atoms with Gasteiger partial charge in [-0.3, -0.25) is 4.79 Å². The van der Waals surface area contributed by atoms with Crippen molar-refractivity contribution in [2.24, 2.45) is 0 Å². The van der Waals surface area contributed by atoms with Gasteiger partial charge in [-0.2, -0.15) is 5.10 Å². The van der Waals surface area contributed by atoms with Crippen LogP contribution in [0.25, 0.3) is 16.7 Å². The Morgan fingerprint density at radius 1 is 1.29 bits per heavy atom. The zero-order valence-corrected chi connectivity index (χ0v) is 13.6. The fourth-order valence-electron chi connectivity index (χ4n) is 2.51. The number of H-pyrrole nitrogens is 1. The molecular formula is C15H13N3O5S. The molecule has 0 atom stereocenters. The molecule has 3 aromatic rings.